The van der Waals surface area contributed by atoms with Crippen molar-refractivity contribution in [3.63, 3.8) is 0 Å². The standard InChI is InChI=1S/C6H10O3.2ClH.Ti/c1-3-9-6(8)4-5(2)7;;;/h3-4H2,1-2H3;2*1H;/q;;;+2/p-2. The second-order valence-electron chi connectivity index (χ2n) is 1.68. The van der Waals surface area contributed by atoms with Gasteiger partial charge in [-0.2, -0.15) is 0 Å². The summed E-state index contributed by atoms with van der Waals surface area (Å²) in [6.45, 7) is 3.40. The van der Waals surface area contributed by atoms with Gasteiger partial charge >= 0.3 is 27.7 Å². The van der Waals surface area contributed by atoms with E-state index >= 15 is 0 Å². The first kappa shape index (κ1) is 22.9. The van der Waals surface area contributed by atoms with Gasteiger partial charge in [-0.1, -0.05) is 0 Å². The quantitative estimate of drug-likeness (QED) is 0.285. The third-order valence-electron chi connectivity index (χ3n) is 0.699. The Morgan fingerprint density at radius 1 is 1.25 bits per heavy atom. The van der Waals surface area contributed by atoms with Crippen molar-refractivity contribution >= 4 is 11.8 Å². The zero-order valence-electron chi connectivity index (χ0n) is 6.89. The molecule has 0 aromatic rings. The summed E-state index contributed by atoms with van der Waals surface area (Å²) < 4.78 is 4.49. The summed E-state index contributed by atoms with van der Waals surface area (Å²) in [5.74, 6) is -0.599. The minimum absolute atomic E-state index is 0. The number of ketones is 1. The summed E-state index contributed by atoms with van der Waals surface area (Å²) in [4.78, 5) is 20.6. The van der Waals surface area contributed by atoms with Gasteiger partial charge in [-0.25, -0.2) is 0 Å². The molecule has 0 amide bonds. The summed E-state index contributed by atoms with van der Waals surface area (Å²) in [6.07, 6.45) is -0.103. The van der Waals surface area contributed by atoms with Crippen LogP contribution in [0.2, 0.25) is 0 Å². The molecule has 6 heteroatoms. The van der Waals surface area contributed by atoms with Crippen LogP contribution < -0.4 is 24.8 Å². The van der Waals surface area contributed by atoms with Gasteiger partial charge in [0.25, 0.3) is 0 Å². The SMILES string of the molecule is CCOC(=O)CC(C)=O.[Cl-].[Cl-].[Ti+2]. The molecule has 0 spiro atoms. The molecule has 0 atom stereocenters. The Labute approximate surface area is 99.3 Å². The van der Waals surface area contributed by atoms with Crippen LogP contribution in [0, 0.1) is 0 Å². The first-order valence-electron chi connectivity index (χ1n) is 2.82. The number of esters is 1. The van der Waals surface area contributed by atoms with Crippen molar-refractivity contribution in [2.75, 3.05) is 6.61 Å². The predicted molar refractivity (Wildman–Crippen MR) is 31.9 cm³/mol. The number of hydrogen-bond donors (Lipinski definition) is 0. The Hall–Kier alpha value is 0.434. The predicted octanol–water partition coefficient (Wildman–Crippen LogP) is -5.47. The van der Waals surface area contributed by atoms with Crippen molar-refractivity contribution in [3.05, 3.63) is 0 Å². The Bertz CT molecular complexity index is 130. The Balaban J connectivity index is -0.000000107. The summed E-state index contributed by atoms with van der Waals surface area (Å²) in [6, 6.07) is 0. The Morgan fingerprint density at radius 2 is 1.67 bits per heavy atom. The first-order valence-corrected chi connectivity index (χ1v) is 2.82. The van der Waals surface area contributed by atoms with Gasteiger partial charge in [-0.3, -0.25) is 9.59 Å². The van der Waals surface area contributed by atoms with Gasteiger partial charge in [0, 0.05) is 0 Å². The van der Waals surface area contributed by atoms with E-state index in [1.807, 2.05) is 0 Å². The van der Waals surface area contributed by atoms with Crippen LogP contribution in [0.4, 0.5) is 0 Å². The summed E-state index contributed by atoms with van der Waals surface area (Å²) >= 11 is 0. The summed E-state index contributed by atoms with van der Waals surface area (Å²) in [5, 5.41) is 0. The van der Waals surface area contributed by atoms with Gasteiger partial charge < -0.3 is 29.6 Å². The average Bonchev–Trinajstić information content (AvgIpc) is 1.63. The molecule has 0 rings (SSSR count). The summed E-state index contributed by atoms with van der Waals surface area (Å²) in [5.41, 5.74) is 0. The number of rotatable bonds is 3. The Morgan fingerprint density at radius 3 is 1.92 bits per heavy atom. The molecule has 0 aliphatic carbocycles. The second kappa shape index (κ2) is 14.0. The molecular weight excluding hydrogens is 239 g/mol. The van der Waals surface area contributed by atoms with Crippen LogP contribution in [0.25, 0.3) is 0 Å². The minimum Gasteiger partial charge on any atom is -1.00 e. The van der Waals surface area contributed by atoms with Gasteiger partial charge in [0.05, 0.1) is 6.61 Å². The van der Waals surface area contributed by atoms with E-state index in [4.69, 9.17) is 0 Å². The molecule has 0 radical (unpaired) electrons. The normalized spacial score (nSPS) is 6.50. The van der Waals surface area contributed by atoms with Crippen molar-refractivity contribution in [3.8, 4) is 0 Å². The molecule has 0 aromatic carbocycles. The molecular formula is C6H10Cl2O3Ti. The largest absolute Gasteiger partial charge is 2.00 e. The van der Waals surface area contributed by atoms with Gasteiger partial charge in [0.15, 0.2) is 0 Å². The number of hydrogen-bond acceptors (Lipinski definition) is 3. The molecule has 12 heavy (non-hydrogen) atoms. The van der Waals surface area contributed by atoms with Crippen LogP contribution in [0.5, 0.6) is 0 Å². The summed E-state index contributed by atoms with van der Waals surface area (Å²) in [7, 11) is 0. The fraction of sp³-hybridized carbons (Fsp3) is 0.667. The molecule has 0 aromatic heterocycles. The van der Waals surface area contributed by atoms with Crippen LogP contribution in [-0.2, 0) is 36.0 Å². The number of carbonyl (C=O) groups excluding carboxylic acids is 2. The maximum atomic E-state index is 10.4. The van der Waals surface area contributed by atoms with Gasteiger partial charge in [0.1, 0.15) is 12.2 Å². The Kier molecular flexibility index (Phi) is 26.6. The van der Waals surface area contributed by atoms with E-state index in [9.17, 15) is 9.59 Å². The fourth-order valence-corrected chi connectivity index (χ4v) is 0.415. The van der Waals surface area contributed by atoms with E-state index in [2.05, 4.69) is 4.74 Å². The van der Waals surface area contributed by atoms with Crippen LogP contribution in [-0.4, -0.2) is 18.4 Å². The zero-order valence-corrected chi connectivity index (χ0v) is 9.97. The van der Waals surface area contributed by atoms with E-state index in [1.165, 1.54) is 6.92 Å². The molecule has 0 heterocycles. The number of Topliss-reactive ketones (excluding diaryl/α,β-unsaturated/α-hetero) is 1. The first-order chi connectivity index (χ1) is 4.16. The van der Waals surface area contributed by atoms with Crippen LogP contribution in [0.3, 0.4) is 0 Å². The number of ether oxygens (including phenoxy) is 1. The average molecular weight is 249 g/mol. The van der Waals surface area contributed by atoms with Gasteiger partial charge in [0.2, 0.25) is 0 Å². The van der Waals surface area contributed by atoms with E-state index in [-0.39, 0.29) is 58.7 Å². The van der Waals surface area contributed by atoms with Crippen LogP contribution >= 0.6 is 0 Å². The molecule has 0 aliphatic rings. The van der Waals surface area contributed by atoms with Crippen molar-refractivity contribution < 1.29 is 60.9 Å². The molecule has 0 bridgehead atoms. The van der Waals surface area contributed by atoms with E-state index in [0.717, 1.165) is 0 Å². The third-order valence-corrected chi connectivity index (χ3v) is 0.699. The van der Waals surface area contributed by atoms with Crippen LogP contribution in [0.15, 0.2) is 0 Å². The molecule has 0 saturated carbocycles. The van der Waals surface area contributed by atoms with Crippen molar-refractivity contribution in [1.29, 1.82) is 0 Å². The maximum absolute atomic E-state index is 10.4. The van der Waals surface area contributed by atoms with Gasteiger partial charge in [-0.15, -0.1) is 0 Å². The number of halogens is 2. The van der Waals surface area contributed by atoms with E-state index in [0.29, 0.717) is 6.61 Å². The van der Waals surface area contributed by atoms with Crippen LogP contribution in [0.1, 0.15) is 20.3 Å². The molecule has 0 unspecified atom stereocenters. The molecule has 3 nitrogen and oxygen atoms in total. The van der Waals surface area contributed by atoms with Crippen molar-refractivity contribution in [2.24, 2.45) is 0 Å². The maximum Gasteiger partial charge on any atom is 2.00 e. The monoisotopic (exact) mass is 248 g/mol. The molecule has 70 valence electrons. The molecule has 0 N–H and O–H groups in total. The fourth-order valence-electron chi connectivity index (χ4n) is 0.415. The topological polar surface area (TPSA) is 43.4 Å². The van der Waals surface area contributed by atoms with Crippen molar-refractivity contribution in [1.82, 2.24) is 0 Å². The van der Waals surface area contributed by atoms with Crippen molar-refractivity contribution in [2.45, 2.75) is 20.3 Å². The molecule has 0 saturated heterocycles. The van der Waals surface area contributed by atoms with E-state index in [1.54, 1.807) is 6.92 Å². The van der Waals surface area contributed by atoms with E-state index < -0.39 is 5.97 Å². The minimum atomic E-state index is -0.440. The molecule has 0 aliphatic heterocycles. The van der Waals surface area contributed by atoms with Gasteiger partial charge in [-0.05, 0) is 13.8 Å². The molecule has 0 fully saturated rings. The number of carbonyl (C=O) groups is 2. The second-order valence-corrected chi connectivity index (χ2v) is 1.68. The zero-order chi connectivity index (χ0) is 7.28. The smallest absolute Gasteiger partial charge is 1.00 e. The third kappa shape index (κ3) is 16.8.